The van der Waals surface area contributed by atoms with E-state index in [4.69, 9.17) is 0 Å². The molecule has 3 aromatic rings. The number of benzene rings is 3. The van der Waals surface area contributed by atoms with Gasteiger partial charge in [0.05, 0.1) is 0 Å². The monoisotopic (exact) mass is 274 g/mol. The van der Waals surface area contributed by atoms with Gasteiger partial charge in [-0.2, -0.15) is 0 Å². The Kier molecular flexibility index (Phi) is 2.83. The molecule has 0 radical (unpaired) electrons. The molecule has 1 nitrogen and oxygen atoms in total. The zero-order chi connectivity index (χ0) is 14.3. The van der Waals surface area contributed by atoms with Gasteiger partial charge in [-0.15, -0.1) is 0 Å². The van der Waals surface area contributed by atoms with Crippen LogP contribution in [0.4, 0.5) is 0 Å². The van der Waals surface area contributed by atoms with Crippen LogP contribution >= 0.6 is 0 Å². The highest BCUT2D eigenvalue weighted by molar-refractivity contribution is 5.87. The summed E-state index contributed by atoms with van der Waals surface area (Å²) in [6.07, 6.45) is 2.18. The molecule has 1 aliphatic rings. The van der Waals surface area contributed by atoms with Gasteiger partial charge in [0.25, 0.3) is 0 Å². The molecule has 1 unspecified atom stereocenters. The van der Waals surface area contributed by atoms with Crippen molar-refractivity contribution < 1.29 is 5.11 Å². The van der Waals surface area contributed by atoms with E-state index in [1.165, 1.54) is 5.39 Å². The highest BCUT2D eigenvalue weighted by Gasteiger charge is 2.46. The van der Waals surface area contributed by atoms with E-state index >= 15 is 0 Å². The lowest BCUT2D eigenvalue weighted by atomic mass is 9.80. The maximum Gasteiger partial charge on any atom is 0.118 e. The fourth-order valence-electron chi connectivity index (χ4n) is 3.36. The highest BCUT2D eigenvalue weighted by atomic mass is 16.3. The molecule has 1 atom stereocenters. The van der Waals surface area contributed by atoms with Crippen molar-refractivity contribution in [3.05, 3.63) is 83.9 Å². The highest BCUT2D eigenvalue weighted by Crippen LogP contribution is 2.51. The summed E-state index contributed by atoms with van der Waals surface area (Å²) in [6, 6.07) is 24.6. The van der Waals surface area contributed by atoms with Gasteiger partial charge in [0.1, 0.15) is 5.60 Å². The van der Waals surface area contributed by atoms with Crippen LogP contribution in [0.1, 0.15) is 24.0 Å². The Morgan fingerprint density at radius 3 is 2.19 bits per heavy atom. The molecular formula is C20H18O. The molecule has 0 amide bonds. The lowest BCUT2D eigenvalue weighted by Crippen LogP contribution is -2.30. The molecule has 1 fully saturated rings. The fraction of sp³-hybridized carbons (Fsp3) is 0.200. The third kappa shape index (κ3) is 1.97. The molecule has 0 aliphatic heterocycles. The first-order valence-electron chi connectivity index (χ1n) is 7.56. The van der Waals surface area contributed by atoms with Crippen LogP contribution in [0.3, 0.4) is 0 Å². The van der Waals surface area contributed by atoms with Gasteiger partial charge in [-0.1, -0.05) is 72.8 Å². The molecule has 21 heavy (non-hydrogen) atoms. The molecule has 1 saturated carbocycles. The quantitative estimate of drug-likeness (QED) is 0.746. The van der Waals surface area contributed by atoms with Crippen molar-refractivity contribution >= 4 is 10.8 Å². The molecule has 104 valence electrons. The van der Waals surface area contributed by atoms with Crippen LogP contribution in [-0.4, -0.2) is 5.11 Å². The van der Waals surface area contributed by atoms with Crippen molar-refractivity contribution in [1.29, 1.82) is 0 Å². The van der Waals surface area contributed by atoms with E-state index in [0.29, 0.717) is 5.92 Å². The average molecular weight is 274 g/mol. The molecule has 0 heterocycles. The number of hydrogen-bond acceptors (Lipinski definition) is 1. The third-order valence-electron chi connectivity index (χ3n) is 4.58. The predicted molar refractivity (Wildman–Crippen MR) is 86.1 cm³/mol. The Balaban J connectivity index is 1.99. The van der Waals surface area contributed by atoms with E-state index in [9.17, 15) is 5.11 Å². The minimum atomic E-state index is -0.873. The van der Waals surface area contributed by atoms with Crippen LogP contribution < -0.4 is 0 Å². The molecule has 3 aromatic carbocycles. The predicted octanol–water partition coefficient (Wildman–Crippen LogP) is 4.49. The first-order valence-corrected chi connectivity index (χ1v) is 7.56. The second-order valence-electron chi connectivity index (χ2n) is 5.93. The number of aliphatic hydroxyl groups is 1. The van der Waals surface area contributed by atoms with Crippen LogP contribution in [0.2, 0.25) is 0 Å². The van der Waals surface area contributed by atoms with Crippen molar-refractivity contribution in [3.63, 3.8) is 0 Å². The second-order valence-corrected chi connectivity index (χ2v) is 5.93. The average Bonchev–Trinajstić information content (AvgIpc) is 3.40. The van der Waals surface area contributed by atoms with E-state index in [1.54, 1.807) is 0 Å². The van der Waals surface area contributed by atoms with E-state index in [0.717, 1.165) is 29.4 Å². The van der Waals surface area contributed by atoms with Crippen molar-refractivity contribution in [2.24, 2.45) is 5.92 Å². The van der Waals surface area contributed by atoms with Gasteiger partial charge in [-0.05, 0) is 40.7 Å². The molecular weight excluding hydrogens is 256 g/mol. The van der Waals surface area contributed by atoms with Gasteiger partial charge >= 0.3 is 0 Å². The van der Waals surface area contributed by atoms with Gasteiger partial charge in [-0.25, -0.2) is 0 Å². The summed E-state index contributed by atoms with van der Waals surface area (Å²) < 4.78 is 0. The van der Waals surface area contributed by atoms with Gasteiger partial charge < -0.3 is 5.11 Å². The van der Waals surface area contributed by atoms with Gasteiger partial charge in [-0.3, -0.25) is 0 Å². The van der Waals surface area contributed by atoms with Crippen LogP contribution in [0, 0.1) is 5.92 Å². The molecule has 1 heteroatoms. The Labute approximate surface area is 124 Å². The largest absolute Gasteiger partial charge is 0.380 e. The standard InChI is InChI=1S/C20H18O/c21-20(17-13-14-17,16-9-2-1-3-10-16)19-12-6-8-15-7-4-5-11-18(15)19/h1-12,17,21H,13-14H2. The fourth-order valence-corrected chi connectivity index (χ4v) is 3.36. The second kappa shape index (κ2) is 4.71. The normalized spacial score (nSPS) is 17.6. The lowest BCUT2D eigenvalue weighted by molar-refractivity contribution is 0.0580. The van der Waals surface area contributed by atoms with Crippen LogP contribution in [0.25, 0.3) is 10.8 Å². The molecule has 4 rings (SSSR count). The summed E-state index contributed by atoms with van der Waals surface area (Å²) in [5.74, 6) is 0.325. The third-order valence-corrected chi connectivity index (χ3v) is 4.58. The lowest BCUT2D eigenvalue weighted by Gasteiger charge is -2.30. The number of rotatable bonds is 3. The Morgan fingerprint density at radius 2 is 1.43 bits per heavy atom. The number of fused-ring (bicyclic) bond motifs is 1. The van der Waals surface area contributed by atoms with E-state index in [-0.39, 0.29) is 0 Å². The molecule has 0 saturated heterocycles. The van der Waals surface area contributed by atoms with Crippen molar-refractivity contribution in [2.45, 2.75) is 18.4 Å². The minimum absolute atomic E-state index is 0.325. The summed E-state index contributed by atoms with van der Waals surface area (Å²) in [4.78, 5) is 0. The summed E-state index contributed by atoms with van der Waals surface area (Å²) in [7, 11) is 0. The molecule has 1 aliphatic carbocycles. The Bertz CT molecular complexity index is 769. The summed E-state index contributed by atoms with van der Waals surface area (Å²) in [5, 5.41) is 13.9. The maximum absolute atomic E-state index is 11.6. The Morgan fingerprint density at radius 1 is 0.762 bits per heavy atom. The smallest absolute Gasteiger partial charge is 0.118 e. The van der Waals surface area contributed by atoms with Gasteiger partial charge in [0, 0.05) is 0 Å². The van der Waals surface area contributed by atoms with Gasteiger partial charge in [0.15, 0.2) is 0 Å². The summed E-state index contributed by atoms with van der Waals surface area (Å²) in [6.45, 7) is 0. The Hall–Kier alpha value is -2.12. The van der Waals surface area contributed by atoms with Crippen LogP contribution in [-0.2, 0) is 5.60 Å². The summed E-state index contributed by atoms with van der Waals surface area (Å²) >= 11 is 0. The first kappa shape index (κ1) is 12.6. The zero-order valence-electron chi connectivity index (χ0n) is 11.9. The van der Waals surface area contributed by atoms with E-state index < -0.39 is 5.60 Å². The number of hydrogen-bond donors (Lipinski definition) is 1. The minimum Gasteiger partial charge on any atom is -0.380 e. The van der Waals surface area contributed by atoms with Crippen LogP contribution in [0.15, 0.2) is 72.8 Å². The van der Waals surface area contributed by atoms with Crippen molar-refractivity contribution in [3.8, 4) is 0 Å². The SMILES string of the molecule is OC(c1ccccc1)(c1cccc2ccccc12)C1CC1. The van der Waals surface area contributed by atoms with E-state index in [1.807, 2.05) is 48.5 Å². The first-order chi connectivity index (χ1) is 10.3. The molecule has 0 aromatic heterocycles. The molecule has 1 N–H and O–H groups in total. The molecule has 0 bridgehead atoms. The van der Waals surface area contributed by atoms with Crippen molar-refractivity contribution in [2.75, 3.05) is 0 Å². The maximum atomic E-state index is 11.6. The van der Waals surface area contributed by atoms with Gasteiger partial charge in [0.2, 0.25) is 0 Å². The molecule has 0 spiro atoms. The topological polar surface area (TPSA) is 20.2 Å². The van der Waals surface area contributed by atoms with E-state index in [2.05, 4.69) is 24.3 Å². The summed E-state index contributed by atoms with van der Waals surface area (Å²) in [5.41, 5.74) is 1.17. The van der Waals surface area contributed by atoms with Crippen LogP contribution in [0.5, 0.6) is 0 Å². The zero-order valence-corrected chi connectivity index (χ0v) is 11.9. The van der Waals surface area contributed by atoms with Crippen molar-refractivity contribution in [1.82, 2.24) is 0 Å².